The van der Waals surface area contributed by atoms with E-state index in [0.29, 0.717) is 0 Å². The summed E-state index contributed by atoms with van der Waals surface area (Å²) < 4.78 is 0. The molecular weight excluding hydrogens is 178 g/mol. The summed E-state index contributed by atoms with van der Waals surface area (Å²) in [6, 6.07) is 0. The lowest BCUT2D eigenvalue weighted by atomic mass is 9.98. The monoisotopic (exact) mass is 199 g/mol. The van der Waals surface area contributed by atoms with Crippen molar-refractivity contribution in [3.63, 3.8) is 0 Å². The third-order valence-corrected chi connectivity index (χ3v) is 3.05. The number of carbonyl (C=O) groups is 1. The maximum absolute atomic E-state index is 10.7. The molecule has 82 valence electrons. The fourth-order valence-corrected chi connectivity index (χ4v) is 2.16. The van der Waals surface area contributed by atoms with Crippen LogP contribution in [0.4, 0.5) is 0 Å². The number of carboxylic acids is 1. The number of likely N-dealkylation sites (tertiary alicyclic amines) is 1. The van der Waals surface area contributed by atoms with E-state index in [1.807, 2.05) is 13.8 Å². The Bertz CT molecular complexity index is 193. The molecule has 0 bridgehead atoms. The van der Waals surface area contributed by atoms with E-state index < -0.39 is 5.97 Å². The van der Waals surface area contributed by atoms with Crippen molar-refractivity contribution in [3.8, 4) is 0 Å². The molecule has 0 aliphatic carbocycles. The summed E-state index contributed by atoms with van der Waals surface area (Å²) in [5.74, 6) is -0.695. The normalized spacial score (nSPS) is 20.4. The summed E-state index contributed by atoms with van der Waals surface area (Å²) in [5.41, 5.74) is -0.184. The molecule has 14 heavy (non-hydrogen) atoms. The molecule has 0 aromatic rings. The molecule has 1 aliphatic rings. The van der Waals surface area contributed by atoms with Crippen LogP contribution in [0.15, 0.2) is 0 Å². The van der Waals surface area contributed by atoms with Gasteiger partial charge in [-0.2, -0.15) is 0 Å². The Kier molecular flexibility index (Phi) is 3.93. The van der Waals surface area contributed by atoms with Gasteiger partial charge in [-0.15, -0.1) is 0 Å². The van der Waals surface area contributed by atoms with Crippen molar-refractivity contribution in [2.45, 2.75) is 51.5 Å². The predicted octanol–water partition coefficient (Wildman–Crippen LogP) is 2.12. The first-order valence-electron chi connectivity index (χ1n) is 5.49. The van der Waals surface area contributed by atoms with E-state index in [0.717, 1.165) is 13.1 Å². The second kappa shape index (κ2) is 4.78. The molecule has 1 saturated heterocycles. The molecule has 1 rings (SSSR count). The van der Waals surface area contributed by atoms with Crippen LogP contribution in [0.5, 0.6) is 0 Å². The van der Waals surface area contributed by atoms with Gasteiger partial charge >= 0.3 is 5.97 Å². The number of hydrogen-bond acceptors (Lipinski definition) is 2. The van der Waals surface area contributed by atoms with Crippen molar-refractivity contribution in [1.82, 2.24) is 4.90 Å². The number of hydrogen-bond donors (Lipinski definition) is 1. The SMILES string of the molecule is CC(C)(CC(=O)O)N1CCCCCC1. The summed E-state index contributed by atoms with van der Waals surface area (Å²) in [6.07, 6.45) is 5.25. The third kappa shape index (κ3) is 3.29. The van der Waals surface area contributed by atoms with Crippen LogP contribution in [0, 0.1) is 0 Å². The number of carboxylic acid groups (broad SMARTS) is 1. The Balaban J connectivity index is 2.54. The van der Waals surface area contributed by atoms with E-state index in [1.54, 1.807) is 0 Å². The lowest BCUT2D eigenvalue weighted by molar-refractivity contribution is -0.139. The van der Waals surface area contributed by atoms with Gasteiger partial charge < -0.3 is 5.11 Å². The Morgan fingerprint density at radius 2 is 1.71 bits per heavy atom. The van der Waals surface area contributed by atoms with Crippen LogP contribution in [-0.2, 0) is 4.79 Å². The average Bonchev–Trinajstić information content (AvgIpc) is 2.28. The van der Waals surface area contributed by atoms with Gasteiger partial charge in [0, 0.05) is 5.54 Å². The van der Waals surface area contributed by atoms with Gasteiger partial charge in [0.1, 0.15) is 0 Å². The van der Waals surface area contributed by atoms with Crippen molar-refractivity contribution in [2.75, 3.05) is 13.1 Å². The van der Waals surface area contributed by atoms with Gasteiger partial charge in [0.05, 0.1) is 6.42 Å². The zero-order chi connectivity index (χ0) is 10.6. The molecule has 1 aliphatic heterocycles. The lowest BCUT2D eigenvalue weighted by Gasteiger charge is -2.36. The Hall–Kier alpha value is -0.570. The van der Waals surface area contributed by atoms with Crippen molar-refractivity contribution in [1.29, 1.82) is 0 Å². The highest BCUT2D eigenvalue weighted by molar-refractivity contribution is 5.68. The summed E-state index contributed by atoms with van der Waals surface area (Å²) in [6.45, 7) is 6.18. The van der Waals surface area contributed by atoms with Gasteiger partial charge in [-0.25, -0.2) is 0 Å². The Labute approximate surface area is 86.1 Å². The quantitative estimate of drug-likeness (QED) is 0.757. The van der Waals surface area contributed by atoms with E-state index in [9.17, 15) is 4.79 Å². The number of rotatable bonds is 3. The van der Waals surface area contributed by atoms with Crippen LogP contribution in [-0.4, -0.2) is 34.6 Å². The van der Waals surface area contributed by atoms with Crippen LogP contribution in [0.1, 0.15) is 46.0 Å². The van der Waals surface area contributed by atoms with E-state index >= 15 is 0 Å². The summed E-state index contributed by atoms with van der Waals surface area (Å²) in [4.78, 5) is 13.0. The molecule has 1 fully saturated rings. The highest BCUT2D eigenvalue weighted by atomic mass is 16.4. The highest BCUT2D eigenvalue weighted by Crippen LogP contribution is 2.22. The first-order chi connectivity index (χ1) is 6.52. The summed E-state index contributed by atoms with van der Waals surface area (Å²) >= 11 is 0. The van der Waals surface area contributed by atoms with Crippen LogP contribution in [0.25, 0.3) is 0 Å². The number of nitrogens with zero attached hydrogens (tertiary/aromatic N) is 1. The summed E-state index contributed by atoms with van der Waals surface area (Å²) in [7, 11) is 0. The first kappa shape index (κ1) is 11.5. The second-order valence-electron chi connectivity index (χ2n) is 4.78. The molecule has 1 heterocycles. The molecular formula is C11H21NO2. The zero-order valence-electron chi connectivity index (χ0n) is 9.25. The van der Waals surface area contributed by atoms with Gasteiger partial charge in [-0.3, -0.25) is 9.69 Å². The standard InChI is InChI=1S/C11H21NO2/c1-11(2,9-10(13)14)12-7-5-3-4-6-8-12/h3-9H2,1-2H3,(H,13,14). The van der Waals surface area contributed by atoms with Crippen molar-refractivity contribution >= 4 is 5.97 Å². The largest absolute Gasteiger partial charge is 0.481 e. The van der Waals surface area contributed by atoms with Gasteiger partial charge in [0.25, 0.3) is 0 Å². The van der Waals surface area contributed by atoms with Gasteiger partial charge in [-0.1, -0.05) is 12.8 Å². The Morgan fingerprint density at radius 3 is 2.14 bits per heavy atom. The molecule has 0 atom stereocenters. The molecule has 3 heteroatoms. The van der Waals surface area contributed by atoms with Crippen LogP contribution in [0.2, 0.25) is 0 Å². The molecule has 0 spiro atoms. The minimum absolute atomic E-state index is 0.184. The van der Waals surface area contributed by atoms with Gasteiger partial charge in [0.2, 0.25) is 0 Å². The molecule has 0 aromatic carbocycles. The molecule has 0 unspecified atom stereocenters. The van der Waals surface area contributed by atoms with Crippen molar-refractivity contribution < 1.29 is 9.90 Å². The van der Waals surface area contributed by atoms with Crippen LogP contribution in [0.3, 0.4) is 0 Å². The molecule has 0 amide bonds. The van der Waals surface area contributed by atoms with E-state index in [4.69, 9.17) is 5.11 Å². The van der Waals surface area contributed by atoms with E-state index in [1.165, 1.54) is 25.7 Å². The molecule has 1 N–H and O–H groups in total. The third-order valence-electron chi connectivity index (χ3n) is 3.05. The van der Waals surface area contributed by atoms with Crippen LogP contribution >= 0.6 is 0 Å². The average molecular weight is 199 g/mol. The van der Waals surface area contributed by atoms with Crippen molar-refractivity contribution in [3.05, 3.63) is 0 Å². The second-order valence-corrected chi connectivity index (χ2v) is 4.78. The maximum Gasteiger partial charge on any atom is 0.305 e. The fourth-order valence-electron chi connectivity index (χ4n) is 2.16. The maximum atomic E-state index is 10.7. The van der Waals surface area contributed by atoms with Crippen molar-refractivity contribution in [2.24, 2.45) is 0 Å². The van der Waals surface area contributed by atoms with Gasteiger partial charge in [-0.05, 0) is 39.8 Å². The highest BCUT2D eigenvalue weighted by Gasteiger charge is 2.29. The molecule has 0 saturated carbocycles. The van der Waals surface area contributed by atoms with Gasteiger partial charge in [0.15, 0.2) is 0 Å². The summed E-state index contributed by atoms with van der Waals surface area (Å²) in [5, 5.41) is 8.82. The Morgan fingerprint density at radius 1 is 1.21 bits per heavy atom. The fraction of sp³-hybridized carbons (Fsp3) is 0.909. The first-order valence-corrected chi connectivity index (χ1v) is 5.49. The predicted molar refractivity (Wildman–Crippen MR) is 56.4 cm³/mol. The smallest absolute Gasteiger partial charge is 0.305 e. The minimum atomic E-state index is -0.695. The molecule has 3 nitrogen and oxygen atoms in total. The molecule has 0 aromatic heterocycles. The lowest BCUT2D eigenvalue weighted by Crippen LogP contribution is -2.45. The topological polar surface area (TPSA) is 40.5 Å². The van der Waals surface area contributed by atoms with E-state index in [-0.39, 0.29) is 12.0 Å². The van der Waals surface area contributed by atoms with Crippen LogP contribution < -0.4 is 0 Å². The minimum Gasteiger partial charge on any atom is -0.481 e. The molecule has 0 radical (unpaired) electrons. The van der Waals surface area contributed by atoms with E-state index in [2.05, 4.69) is 4.90 Å². The zero-order valence-corrected chi connectivity index (χ0v) is 9.25. The number of aliphatic carboxylic acids is 1.